The van der Waals surface area contributed by atoms with Crippen molar-refractivity contribution < 1.29 is 4.74 Å². The Hall–Kier alpha value is -1.29. The van der Waals surface area contributed by atoms with Gasteiger partial charge in [0.2, 0.25) is 0 Å². The van der Waals surface area contributed by atoms with Crippen LogP contribution in [0.5, 0.6) is 5.75 Å². The van der Waals surface area contributed by atoms with Crippen LogP contribution in [0.25, 0.3) is 0 Å². The van der Waals surface area contributed by atoms with Crippen LogP contribution in [-0.4, -0.2) is 11.2 Å². The quantitative estimate of drug-likeness (QED) is 0.778. The molecular weight excluding hydrogens is 192 g/mol. The number of ether oxygens (including phenoxy) is 1. The molecule has 0 aliphatic carbocycles. The predicted molar refractivity (Wildman–Crippen MR) is 58.1 cm³/mol. The number of fused-ring (bicyclic) bond motifs is 1. The van der Waals surface area contributed by atoms with Gasteiger partial charge in [0.05, 0.1) is 12.2 Å². The fourth-order valence-electron chi connectivity index (χ4n) is 2.08. The highest BCUT2D eigenvalue weighted by atomic mass is 16.5. The van der Waals surface area contributed by atoms with Gasteiger partial charge in [-0.25, -0.2) is 0 Å². The average Bonchev–Trinajstić information content (AvgIpc) is 2.70. The number of pyridine rings is 1. The highest BCUT2D eigenvalue weighted by molar-refractivity contribution is 5.44. The molecular formula is C11H16N2O2. The predicted octanol–water partition coefficient (Wildman–Crippen LogP) is 0.696. The van der Waals surface area contributed by atoms with E-state index in [2.05, 4.69) is 5.32 Å². The first-order valence-electron chi connectivity index (χ1n) is 5.21. The highest BCUT2D eigenvalue weighted by Gasteiger charge is 2.22. The molecule has 2 heterocycles. The molecule has 4 nitrogen and oxygen atoms in total. The van der Waals surface area contributed by atoms with E-state index in [9.17, 15) is 4.79 Å². The Morgan fingerprint density at radius 1 is 1.47 bits per heavy atom. The van der Waals surface area contributed by atoms with Crippen LogP contribution in [0.2, 0.25) is 0 Å². The van der Waals surface area contributed by atoms with Gasteiger partial charge in [-0.3, -0.25) is 4.79 Å². The Bertz CT molecular complexity index is 449. The second-order valence-electron chi connectivity index (χ2n) is 3.78. The summed E-state index contributed by atoms with van der Waals surface area (Å²) in [6.45, 7) is 5.90. The molecule has 0 saturated heterocycles. The Kier molecular flexibility index (Phi) is 2.52. The smallest absolute Gasteiger partial charge is 0.257 e. The van der Waals surface area contributed by atoms with E-state index in [1.54, 1.807) is 4.57 Å². The van der Waals surface area contributed by atoms with Crippen LogP contribution in [0.4, 0.5) is 0 Å². The van der Waals surface area contributed by atoms with E-state index in [0.717, 1.165) is 30.1 Å². The normalized spacial score (nSPS) is 14.1. The van der Waals surface area contributed by atoms with Crippen LogP contribution in [0, 0.1) is 6.92 Å². The summed E-state index contributed by atoms with van der Waals surface area (Å²) in [4.78, 5) is 11.9. The third kappa shape index (κ3) is 1.45. The molecule has 4 heteroatoms. The van der Waals surface area contributed by atoms with Gasteiger partial charge in [0.15, 0.2) is 0 Å². The molecule has 0 bridgehead atoms. The monoisotopic (exact) mass is 208 g/mol. The Labute approximate surface area is 88.9 Å². The molecule has 0 atom stereocenters. The maximum atomic E-state index is 11.9. The van der Waals surface area contributed by atoms with Gasteiger partial charge in [-0.1, -0.05) is 0 Å². The Morgan fingerprint density at radius 3 is 2.87 bits per heavy atom. The lowest BCUT2D eigenvalue weighted by molar-refractivity contribution is 0.332. The minimum absolute atomic E-state index is 0.0425. The number of aromatic nitrogens is 1. The zero-order chi connectivity index (χ0) is 11.0. The van der Waals surface area contributed by atoms with Crippen LogP contribution in [0.15, 0.2) is 4.79 Å². The lowest BCUT2D eigenvalue weighted by Gasteiger charge is -2.14. The Balaban J connectivity index is 2.69. The summed E-state index contributed by atoms with van der Waals surface area (Å²) in [7, 11) is 1.82. The molecule has 1 aromatic heterocycles. The molecule has 0 spiro atoms. The molecule has 1 N–H and O–H groups in total. The molecule has 2 rings (SSSR count). The maximum Gasteiger partial charge on any atom is 0.257 e. The molecule has 1 aromatic rings. The summed E-state index contributed by atoms with van der Waals surface area (Å²) in [5.74, 6) is 0.778. The zero-order valence-electron chi connectivity index (χ0n) is 9.39. The van der Waals surface area contributed by atoms with E-state index in [4.69, 9.17) is 4.74 Å². The molecule has 0 unspecified atom stereocenters. The molecule has 0 aromatic carbocycles. The van der Waals surface area contributed by atoms with Gasteiger partial charge < -0.3 is 14.6 Å². The van der Waals surface area contributed by atoms with Crippen LogP contribution in [0.1, 0.15) is 23.7 Å². The SMILES string of the molecule is CCOc1c2c(n(C)c(=O)c1C)CNC2. The molecule has 82 valence electrons. The minimum atomic E-state index is 0.0425. The lowest BCUT2D eigenvalue weighted by Crippen LogP contribution is -2.24. The summed E-state index contributed by atoms with van der Waals surface area (Å²) >= 11 is 0. The molecule has 1 aliphatic heterocycles. The standard InChI is InChI=1S/C11H16N2O2/c1-4-15-10-7(2)11(14)13(3)9-6-12-5-8(9)10/h12H,4-6H2,1-3H3. The van der Waals surface area contributed by atoms with Gasteiger partial charge in [-0.15, -0.1) is 0 Å². The second kappa shape index (κ2) is 3.70. The van der Waals surface area contributed by atoms with Crippen LogP contribution >= 0.6 is 0 Å². The topological polar surface area (TPSA) is 43.3 Å². The largest absolute Gasteiger partial charge is 0.493 e. The van der Waals surface area contributed by atoms with Crippen molar-refractivity contribution >= 4 is 0 Å². The summed E-state index contributed by atoms with van der Waals surface area (Å²) in [5.41, 5.74) is 2.94. The number of nitrogens with one attached hydrogen (secondary N) is 1. The molecule has 15 heavy (non-hydrogen) atoms. The first-order chi connectivity index (χ1) is 7.16. The van der Waals surface area contributed by atoms with Crippen molar-refractivity contribution in [3.05, 3.63) is 27.2 Å². The van der Waals surface area contributed by atoms with Gasteiger partial charge in [-0.05, 0) is 13.8 Å². The minimum Gasteiger partial charge on any atom is -0.493 e. The van der Waals surface area contributed by atoms with Crippen LogP contribution in [-0.2, 0) is 20.1 Å². The van der Waals surface area contributed by atoms with Crippen molar-refractivity contribution in [2.45, 2.75) is 26.9 Å². The fraction of sp³-hybridized carbons (Fsp3) is 0.545. The summed E-state index contributed by atoms with van der Waals surface area (Å²) < 4.78 is 7.28. The average molecular weight is 208 g/mol. The Morgan fingerprint density at radius 2 is 2.20 bits per heavy atom. The van der Waals surface area contributed by atoms with Crippen molar-refractivity contribution in [3.8, 4) is 5.75 Å². The molecule has 0 radical (unpaired) electrons. The molecule has 0 amide bonds. The van der Waals surface area contributed by atoms with E-state index in [1.165, 1.54) is 0 Å². The van der Waals surface area contributed by atoms with Gasteiger partial charge >= 0.3 is 0 Å². The summed E-state index contributed by atoms with van der Waals surface area (Å²) in [6, 6.07) is 0. The van der Waals surface area contributed by atoms with E-state index >= 15 is 0 Å². The van der Waals surface area contributed by atoms with Crippen molar-refractivity contribution in [2.24, 2.45) is 7.05 Å². The second-order valence-corrected chi connectivity index (χ2v) is 3.78. The first-order valence-corrected chi connectivity index (χ1v) is 5.21. The van der Waals surface area contributed by atoms with E-state index in [1.807, 2.05) is 20.9 Å². The van der Waals surface area contributed by atoms with Crippen molar-refractivity contribution in [1.29, 1.82) is 0 Å². The number of hydrogen-bond donors (Lipinski definition) is 1. The van der Waals surface area contributed by atoms with Crippen molar-refractivity contribution in [2.75, 3.05) is 6.61 Å². The molecule has 1 aliphatic rings. The van der Waals surface area contributed by atoms with Crippen LogP contribution in [0.3, 0.4) is 0 Å². The number of nitrogens with zero attached hydrogens (tertiary/aromatic N) is 1. The van der Waals surface area contributed by atoms with Gasteiger partial charge in [0.25, 0.3) is 5.56 Å². The van der Waals surface area contributed by atoms with E-state index in [0.29, 0.717) is 12.2 Å². The molecule has 0 saturated carbocycles. The number of hydrogen-bond acceptors (Lipinski definition) is 3. The van der Waals surface area contributed by atoms with E-state index in [-0.39, 0.29) is 5.56 Å². The lowest BCUT2D eigenvalue weighted by atomic mass is 10.1. The van der Waals surface area contributed by atoms with E-state index < -0.39 is 0 Å². The molecule has 0 fully saturated rings. The van der Waals surface area contributed by atoms with Crippen LogP contribution < -0.4 is 15.6 Å². The summed E-state index contributed by atoms with van der Waals surface area (Å²) in [5, 5.41) is 3.24. The first kappa shape index (κ1) is 10.2. The van der Waals surface area contributed by atoms with Gasteiger partial charge in [0.1, 0.15) is 5.75 Å². The fourth-order valence-corrected chi connectivity index (χ4v) is 2.08. The van der Waals surface area contributed by atoms with Gasteiger partial charge in [-0.2, -0.15) is 0 Å². The third-order valence-electron chi connectivity index (χ3n) is 2.88. The zero-order valence-corrected chi connectivity index (χ0v) is 9.39. The third-order valence-corrected chi connectivity index (χ3v) is 2.88. The number of rotatable bonds is 2. The van der Waals surface area contributed by atoms with Gasteiger partial charge in [0, 0.05) is 31.4 Å². The van der Waals surface area contributed by atoms with Crippen molar-refractivity contribution in [3.63, 3.8) is 0 Å². The maximum absolute atomic E-state index is 11.9. The summed E-state index contributed by atoms with van der Waals surface area (Å²) in [6.07, 6.45) is 0. The van der Waals surface area contributed by atoms with Crippen molar-refractivity contribution in [1.82, 2.24) is 9.88 Å². The highest BCUT2D eigenvalue weighted by Crippen LogP contribution is 2.27.